The van der Waals surface area contributed by atoms with E-state index in [1.807, 2.05) is 0 Å². The maximum atomic E-state index is 12.2. The lowest BCUT2D eigenvalue weighted by molar-refractivity contribution is -0.384. The number of benzene rings is 2. The van der Waals surface area contributed by atoms with Gasteiger partial charge in [0.25, 0.3) is 10.9 Å². The van der Waals surface area contributed by atoms with Gasteiger partial charge in [-0.15, -0.1) is 0 Å². The molecule has 0 saturated carbocycles. The second kappa shape index (κ2) is 8.83. The quantitative estimate of drug-likeness (QED) is 0.166. The number of hydrogen-bond acceptors (Lipinski definition) is 6. The summed E-state index contributed by atoms with van der Waals surface area (Å²) in [5.74, 6) is 0.511. The summed E-state index contributed by atoms with van der Waals surface area (Å²) in [6.07, 6.45) is 0. The van der Waals surface area contributed by atoms with Crippen molar-refractivity contribution < 1.29 is 39.9 Å². The third-order valence-corrected chi connectivity index (χ3v) is 4.94. The Labute approximate surface area is 158 Å². The zero-order chi connectivity index (χ0) is 17.7. The van der Waals surface area contributed by atoms with Gasteiger partial charge < -0.3 is 21.2 Å². The van der Waals surface area contributed by atoms with Crippen molar-refractivity contribution in [2.45, 2.75) is 10.6 Å². The zero-order valence-electron chi connectivity index (χ0n) is 12.7. The Morgan fingerprint density at radius 1 is 1.16 bits per heavy atom. The van der Waals surface area contributed by atoms with E-state index in [2.05, 4.69) is 0 Å². The first kappa shape index (κ1) is 20.9. The molecule has 0 fully saturated rings. The topological polar surface area (TPSA) is 138 Å². The first-order valence-corrected chi connectivity index (χ1v) is 8.96. The summed E-state index contributed by atoms with van der Waals surface area (Å²) < 4.78 is 29.3. The van der Waals surface area contributed by atoms with Gasteiger partial charge in [-0.05, 0) is 41.6 Å². The Morgan fingerprint density at radius 2 is 1.72 bits per heavy atom. The highest BCUT2D eigenvalue weighted by molar-refractivity contribution is 8.12. The number of nitrogens with zero attached hydrogens (tertiary/aromatic N) is 1. The lowest BCUT2D eigenvalue weighted by Gasteiger charge is -2.07. The van der Waals surface area contributed by atoms with Gasteiger partial charge in [0.15, 0.2) is 0 Å². The minimum atomic E-state index is -4.03. The summed E-state index contributed by atoms with van der Waals surface area (Å²) in [6, 6.07) is 10.8. The molecule has 0 unspecified atom stereocenters. The molecule has 0 amide bonds. The van der Waals surface area contributed by atoms with E-state index in [9.17, 15) is 18.5 Å². The molecule has 0 aromatic heterocycles. The molecule has 0 aliphatic rings. The average molecular weight is 448 g/mol. The van der Waals surface area contributed by atoms with Crippen molar-refractivity contribution in [3.63, 3.8) is 0 Å². The third kappa shape index (κ3) is 6.03. The second-order valence-corrected chi connectivity index (χ2v) is 7.22. The number of amidine groups is 1. The molecule has 0 spiro atoms. The van der Waals surface area contributed by atoms with Gasteiger partial charge in [0, 0.05) is 17.9 Å². The third-order valence-electron chi connectivity index (χ3n) is 2.87. The first-order chi connectivity index (χ1) is 11.3. The van der Waals surface area contributed by atoms with Crippen LogP contribution < -0.4 is 32.3 Å². The summed E-state index contributed by atoms with van der Waals surface area (Å²) in [5.41, 5.74) is 6.05. The number of hydrogen-bond donors (Lipinski definition) is 2. The molecule has 8 nitrogen and oxygen atoms in total. The number of halogens is 1. The van der Waals surface area contributed by atoms with Crippen LogP contribution >= 0.6 is 11.8 Å². The molecule has 11 heteroatoms. The molecule has 0 bridgehead atoms. The molecule has 25 heavy (non-hydrogen) atoms. The van der Waals surface area contributed by atoms with Crippen LogP contribution in [0.5, 0.6) is 5.75 Å². The molecule has 4 N–H and O–H groups in total. The van der Waals surface area contributed by atoms with E-state index < -0.39 is 15.0 Å². The molecular weight excluding hydrogens is 434 g/mol. The molecule has 2 rings (SSSR count). The van der Waals surface area contributed by atoms with Gasteiger partial charge >= 0.3 is 10.1 Å². The molecule has 0 aliphatic carbocycles. The van der Waals surface area contributed by atoms with Gasteiger partial charge in [-0.1, -0.05) is 12.1 Å². The average Bonchev–Trinajstić information content (AvgIpc) is 2.53. The van der Waals surface area contributed by atoms with E-state index in [0.29, 0.717) is 5.75 Å². The van der Waals surface area contributed by atoms with E-state index >= 15 is 0 Å². The standard InChI is InChI=1S/C14H13N3O5S2.BrH/c15-14(16)23-9-10-1-7-13(8-2-10)24(20,21)22-12-5-3-11(4-6-12)17(18)19;/h1-8H,9H2,(H3,15,16);1H. The van der Waals surface area contributed by atoms with E-state index in [-0.39, 0.29) is 38.5 Å². The predicted molar refractivity (Wildman–Crippen MR) is 89.8 cm³/mol. The van der Waals surface area contributed by atoms with Crippen molar-refractivity contribution in [3.05, 3.63) is 64.2 Å². The van der Waals surface area contributed by atoms with E-state index in [0.717, 1.165) is 5.56 Å². The number of nitro benzene ring substituents is 1. The zero-order valence-corrected chi connectivity index (χ0v) is 15.9. The molecule has 0 atom stereocenters. The van der Waals surface area contributed by atoms with Crippen molar-refractivity contribution in [1.82, 2.24) is 0 Å². The molecule has 134 valence electrons. The fraction of sp³-hybridized carbons (Fsp3) is 0.0714. The predicted octanol–water partition coefficient (Wildman–Crippen LogP) is -2.33. The summed E-state index contributed by atoms with van der Waals surface area (Å²) in [4.78, 5) is 9.96. The minimum Gasteiger partial charge on any atom is -1.00 e. The molecule has 2 aromatic rings. The van der Waals surface area contributed by atoms with Crippen LogP contribution in [0.25, 0.3) is 0 Å². The molecule has 0 heterocycles. The van der Waals surface area contributed by atoms with Crippen molar-refractivity contribution in [3.8, 4) is 5.75 Å². The molecule has 0 saturated heterocycles. The molecule has 0 aliphatic heterocycles. The van der Waals surface area contributed by atoms with Crippen LogP contribution in [0.4, 0.5) is 5.69 Å². The van der Waals surface area contributed by atoms with Crippen LogP contribution in [0.3, 0.4) is 0 Å². The monoisotopic (exact) mass is 447 g/mol. The van der Waals surface area contributed by atoms with Gasteiger partial charge in [-0.3, -0.25) is 21.3 Å². The van der Waals surface area contributed by atoms with Gasteiger partial charge in [-0.25, -0.2) is 0 Å². The van der Waals surface area contributed by atoms with Crippen LogP contribution in [0.15, 0.2) is 53.4 Å². The van der Waals surface area contributed by atoms with E-state index in [4.69, 9.17) is 15.3 Å². The fourth-order valence-electron chi connectivity index (χ4n) is 1.72. The Bertz CT molecular complexity index is 855. The highest BCUT2D eigenvalue weighted by Gasteiger charge is 2.17. The van der Waals surface area contributed by atoms with Crippen LogP contribution in [0.1, 0.15) is 5.56 Å². The minimum absolute atomic E-state index is 0. The van der Waals surface area contributed by atoms with Crippen molar-refractivity contribution >= 4 is 32.7 Å². The highest BCUT2D eigenvalue weighted by atomic mass is 79.9. The van der Waals surface area contributed by atoms with Crippen LogP contribution in [0, 0.1) is 10.1 Å². The van der Waals surface area contributed by atoms with Crippen molar-refractivity contribution in [1.29, 1.82) is 0 Å². The Hall–Kier alpha value is -2.11. The first-order valence-electron chi connectivity index (χ1n) is 6.56. The summed E-state index contributed by atoms with van der Waals surface area (Å²) in [6.45, 7) is 0. The Balaban J connectivity index is 0.00000312. The van der Waals surface area contributed by atoms with Gasteiger partial charge in [-0.2, -0.15) is 8.42 Å². The largest absolute Gasteiger partial charge is 1.00 e. The summed E-state index contributed by atoms with van der Waals surface area (Å²) in [7, 11) is -4.03. The highest BCUT2D eigenvalue weighted by Crippen LogP contribution is 2.22. The Morgan fingerprint density at radius 3 is 2.20 bits per heavy atom. The van der Waals surface area contributed by atoms with Crippen LogP contribution in [-0.4, -0.2) is 18.5 Å². The summed E-state index contributed by atoms with van der Waals surface area (Å²) in [5, 5.41) is 16.2. The maximum absolute atomic E-state index is 12.2. The number of rotatable bonds is 6. The number of nitro groups is 1. The van der Waals surface area contributed by atoms with Gasteiger partial charge in [0.1, 0.15) is 10.6 Å². The number of thioether (sulfide) groups is 1. The summed E-state index contributed by atoms with van der Waals surface area (Å²) >= 11 is 1.24. The SMILES string of the molecule is NC(=[NH2+])SCc1ccc(S(=O)(=O)Oc2ccc([N+](=O)[O-])cc2)cc1.[Br-]. The number of non-ortho nitro benzene ring substituents is 1. The van der Waals surface area contributed by atoms with E-state index in [1.165, 1.54) is 48.2 Å². The van der Waals surface area contributed by atoms with Crippen LogP contribution in [-0.2, 0) is 15.9 Å². The van der Waals surface area contributed by atoms with Crippen molar-refractivity contribution in [2.75, 3.05) is 0 Å². The van der Waals surface area contributed by atoms with Crippen molar-refractivity contribution in [2.24, 2.45) is 5.73 Å². The van der Waals surface area contributed by atoms with Gasteiger partial charge in [0.2, 0.25) is 0 Å². The molecular formula is C14H14BrN3O5S2. The van der Waals surface area contributed by atoms with E-state index in [1.54, 1.807) is 12.1 Å². The van der Waals surface area contributed by atoms with Crippen LogP contribution in [0.2, 0.25) is 0 Å². The maximum Gasteiger partial charge on any atom is 0.339 e. The molecule has 2 aromatic carbocycles. The lowest BCUT2D eigenvalue weighted by atomic mass is 10.2. The number of nitrogens with two attached hydrogens (primary N) is 2. The Kier molecular flexibility index (Phi) is 7.39. The second-order valence-electron chi connectivity index (χ2n) is 4.62. The normalized spacial score (nSPS) is 10.6. The smallest absolute Gasteiger partial charge is 0.339 e. The molecule has 0 radical (unpaired) electrons. The fourth-order valence-corrected chi connectivity index (χ4v) is 3.17. The van der Waals surface area contributed by atoms with Gasteiger partial charge in [0.05, 0.1) is 4.92 Å². The lowest BCUT2D eigenvalue weighted by Crippen LogP contribution is -3.00.